The molecule has 3 heterocycles. The number of benzene rings is 1. The lowest BCUT2D eigenvalue weighted by molar-refractivity contribution is -0.110. The Morgan fingerprint density at radius 1 is 1.18 bits per heavy atom. The summed E-state index contributed by atoms with van der Waals surface area (Å²) in [5, 5.41) is 21.8. The fourth-order valence-electron chi connectivity index (χ4n) is 4.89. The maximum Gasteiger partial charge on any atom is 0.281 e. The molecule has 0 atom stereocenters. The molecule has 0 saturated carbocycles. The summed E-state index contributed by atoms with van der Waals surface area (Å²) in [6.45, 7) is 2.57. The molecule has 2 fully saturated rings. The van der Waals surface area contributed by atoms with Crippen molar-refractivity contribution in [3.8, 4) is 0 Å². The van der Waals surface area contributed by atoms with E-state index >= 15 is 0 Å². The molecule has 0 aliphatic carbocycles. The van der Waals surface area contributed by atoms with E-state index < -0.39 is 10.2 Å². The molecule has 1 aromatic carbocycles. The number of allylic oxidation sites excluding steroid dienone is 1. The zero-order chi connectivity index (χ0) is 24.5. The lowest BCUT2D eigenvalue weighted by atomic mass is 9.92. The van der Waals surface area contributed by atoms with Crippen LogP contribution in [-0.4, -0.2) is 85.7 Å². The molecular formula is C23H33N5O5S. The van der Waals surface area contributed by atoms with Crippen LogP contribution in [0.4, 0.5) is 11.4 Å². The Morgan fingerprint density at radius 3 is 2.44 bits per heavy atom. The molecule has 34 heavy (non-hydrogen) atoms. The van der Waals surface area contributed by atoms with Crippen molar-refractivity contribution in [1.29, 1.82) is 0 Å². The van der Waals surface area contributed by atoms with Gasteiger partial charge in [-0.25, -0.2) is 4.99 Å². The summed E-state index contributed by atoms with van der Waals surface area (Å²) in [4.78, 5) is 18.9. The van der Waals surface area contributed by atoms with E-state index in [1.54, 1.807) is 14.1 Å². The van der Waals surface area contributed by atoms with Gasteiger partial charge in [0, 0.05) is 59.2 Å². The Morgan fingerprint density at radius 2 is 1.85 bits per heavy atom. The summed E-state index contributed by atoms with van der Waals surface area (Å²) in [6.07, 6.45) is 4.48. The third kappa shape index (κ3) is 5.12. The first-order valence-electron chi connectivity index (χ1n) is 11.6. The van der Waals surface area contributed by atoms with Crippen LogP contribution in [-0.2, 0) is 15.0 Å². The average molecular weight is 492 g/mol. The summed E-state index contributed by atoms with van der Waals surface area (Å²) in [5.74, 6) is -0.0237. The van der Waals surface area contributed by atoms with Crippen LogP contribution in [0.5, 0.6) is 0 Å². The van der Waals surface area contributed by atoms with Crippen molar-refractivity contribution in [3.05, 3.63) is 35.7 Å². The summed E-state index contributed by atoms with van der Waals surface area (Å²) < 4.78 is 27.5. The molecule has 0 unspecified atom stereocenters. The average Bonchev–Trinajstić information content (AvgIpc) is 3.25. The number of hydrogen-bond donors (Lipinski definition) is 3. The van der Waals surface area contributed by atoms with Crippen LogP contribution < -0.4 is 10.2 Å². The maximum absolute atomic E-state index is 12.8. The molecule has 0 spiro atoms. The molecule has 1 aromatic rings. The highest BCUT2D eigenvalue weighted by atomic mass is 32.2. The Hall–Kier alpha value is -2.47. The highest BCUT2D eigenvalue weighted by Crippen LogP contribution is 2.35. The van der Waals surface area contributed by atoms with Gasteiger partial charge in [-0.3, -0.25) is 4.79 Å². The van der Waals surface area contributed by atoms with Crippen molar-refractivity contribution in [2.75, 3.05) is 57.1 Å². The number of likely N-dealkylation sites (N-methyl/N-ethyl adjacent to an activating group) is 2. The molecule has 2 saturated heterocycles. The van der Waals surface area contributed by atoms with Gasteiger partial charge in [0.25, 0.3) is 16.1 Å². The van der Waals surface area contributed by atoms with Crippen LogP contribution in [0.25, 0.3) is 0 Å². The Balaban J connectivity index is 1.60. The van der Waals surface area contributed by atoms with Gasteiger partial charge >= 0.3 is 0 Å². The van der Waals surface area contributed by atoms with Gasteiger partial charge in [0.2, 0.25) is 5.88 Å². The van der Waals surface area contributed by atoms with Crippen LogP contribution in [0.3, 0.4) is 0 Å². The van der Waals surface area contributed by atoms with E-state index in [9.17, 15) is 23.4 Å². The number of aliphatic hydroxyl groups is 2. The van der Waals surface area contributed by atoms with Gasteiger partial charge in [0.05, 0.1) is 11.4 Å². The molecule has 0 bridgehead atoms. The van der Waals surface area contributed by atoms with Crippen molar-refractivity contribution >= 4 is 33.2 Å². The normalized spacial score (nSPS) is 22.5. The van der Waals surface area contributed by atoms with Gasteiger partial charge < -0.3 is 20.4 Å². The third-order valence-corrected chi connectivity index (χ3v) is 8.84. The number of carbonyl (C=O) groups is 1. The summed E-state index contributed by atoms with van der Waals surface area (Å²) in [5.41, 5.74) is 2.82. The SMILES string of the molecule is CN1CC(c2ccc(NC(=O)C3=NC(O)=CC3)c(N3CCC(CCO)CC3)c2)CN(C)S1(=O)=O. The molecular weight excluding hydrogens is 458 g/mol. The van der Waals surface area contributed by atoms with E-state index in [0.29, 0.717) is 24.7 Å². The second kappa shape index (κ2) is 10.0. The van der Waals surface area contributed by atoms with Gasteiger partial charge in [0.15, 0.2) is 0 Å². The van der Waals surface area contributed by atoms with Crippen LogP contribution >= 0.6 is 0 Å². The lowest BCUT2D eigenvalue weighted by Gasteiger charge is -2.37. The first kappa shape index (κ1) is 24.6. The first-order valence-corrected chi connectivity index (χ1v) is 13.0. The summed E-state index contributed by atoms with van der Waals surface area (Å²) >= 11 is 0. The molecule has 1 amide bonds. The minimum absolute atomic E-state index is 0.00527. The van der Waals surface area contributed by atoms with Crippen LogP contribution in [0, 0.1) is 5.92 Å². The molecule has 3 aliphatic rings. The van der Waals surface area contributed by atoms with Gasteiger partial charge in [0.1, 0.15) is 5.71 Å². The molecule has 11 heteroatoms. The molecule has 3 N–H and O–H groups in total. The number of piperidine rings is 1. The molecule has 10 nitrogen and oxygen atoms in total. The quantitative estimate of drug-likeness (QED) is 0.556. The smallest absolute Gasteiger partial charge is 0.281 e. The van der Waals surface area contributed by atoms with E-state index in [-0.39, 0.29) is 36.4 Å². The fourth-order valence-corrected chi connectivity index (χ4v) is 6.10. The predicted octanol–water partition coefficient (Wildman–Crippen LogP) is 1.67. The Kier molecular flexibility index (Phi) is 7.27. The second-order valence-corrected chi connectivity index (χ2v) is 11.4. The monoisotopic (exact) mass is 491 g/mol. The van der Waals surface area contributed by atoms with Crippen molar-refractivity contribution in [2.45, 2.75) is 31.6 Å². The minimum atomic E-state index is -3.42. The minimum Gasteiger partial charge on any atom is -0.493 e. The van der Waals surface area contributed by atoms with Crippen molar-refractivity contribution in [2.24, 2.45) is 10.9 Å². The van der Waals surface area contributed by atoms with E-state index in [1.807, 2.05) is 12.1 Å². The topological polar surface area (TPSA) is 126 Å². The largest absolute Gasteiger partial charge is 0.493 e. The van der Waals surface area contributed by atoms with Crippen molar-refractivity contribution in [3.63, 3.8) is 0 Å². The predicted molar refractivity (Wildman–Crippen MR) is 131 cm³/mol. The van der Waals surface area contributed by atoms with E-state index in [4.69, 9.17) is 0 Å². The van der Waals surface area contributed by atoms with Gasteiger partial charge in [-0.2, -0.15) is 17.0 Å². The maximum atomic E-state index is 12.8. The highest BCUT2D eigenvalue weighted by molar-refractivity contribution is 7.86. The molecule has 0 aromatic heterocycles. The highest BCUT2D eigenvalue weighted by Gasteiger charge is 2.35. The molecule has 4 rings (SSSR count). The number of aliphatic hydroxyl groups excluding tert-OH is 2. The van der Waals surface area contributed by atoms with Crippen LogP contribution in [0.15, 0.2) is 35.2 Å². The number of rotatable bonds is 6. The Bertz CT molecular complexity index is 1080. The zero-order valence-electron chi connectivity index (χ0n) is 19.6. The number of amides is 1. The van der Waals surface area contributed by atoms with Crippen molar-refractivity contribution in [1.82, 2.24) is 8.61 Å². The lowest BCUT2D eigenvalue weighted by Crippen LogP contribution is -2.49. The summed E-state index contributed by atoms with van der Waals surface area (Å²) in [7, 11) is -0.244. The van der Waals surface area contributed by atoms with Gasteiger partial charge in [-0.15, -0.1) is 0 Å². The number of aliphatic imine (C=N–C) groups is 1. The number of hydrogen-bond acceptors (Lipinski definition) is 7. The molecule has 3 aliphatic heterocycles. The van der Waals surface area contributed by atoms with Crippen molar-refractivity contribution < 1.29 is 23.4 Å². The van der Waals surface area contributed by atoms with E-state index in [2.05, 4.69) is 21.3 Å². The van der Waals surface area contributed by atoms with Gasteiger partial charge in [-0.1, -0.05) is 6.07 Å². The molecule has 186 valence electrons. The Labute approximate surface area is 200 Å². The number of nitrogens with one attached hydrogen (secondary N) is 1. The standard InChI is InChI=1S/C23H33N5O5S/c1-26-14-18(15-27(2)34(26,32)33)17-3-4-19(25-23(31)20-5-6-22(30)24-20)21(13-17)28-10-7-16(8-11-28)9-12-29/h3-4,6,13,16,18,29-30H,5,7-12,14-15H2,1-2H3,(H,25,31). The number of anilines is 2. The second-order valence-electron chi connectivity index (χ2n) is 9.26. The van der Waals surface area contributed by atoms with E-state index in [0.717, 1.165) is 43.6 Å². The third-order valence-electron chi connectivity index (χ3n) is 6.97. The van der Waals surface area contributed by atoms with Crippen LogP contribution in [0.1, 0.15) is 37.2 Å². The molecule has 0 radical (unpaired) electrons. The van der Waals surface area contributed by atoms with Gasteiger partial charge in [-0.05, 0) is 49.0 Å². The first-order chi connectivity index (χ1) is 16.2. The zero-order valence-corrected chi connectivity index (χ0v) is 20.5. The van der Waals surface area contributed by atoms with Crippen LogP contribution in [0.2, 0.25) is 0 Å². The van der Waals surface area contributed by atoms with E-state index in [1.165, 1.54) is 14.7 Å². The number of carbonyl (C=O) groups excluding carboxylic acids is 1. The fraction of sp³-hybridized carbons (Fsp3) is 0.565. The number of nitrogens with zero attached hydrogens (tertiary/aromatic N) is 4. The summed E-state index contributed by atoms with van der Waals surface area (Å²) in [6, 6.07) is 5.86.